The molecule has 1 aliphatic carbocycles. The summed E-state index contributed by atoms with van der Waals surface area (Å²) >= 11 is 0. The van der Waals surface area contributed by atoms with Gasteiger partial charge in [0, 0.05) is 25.8 Å². The number of carbonyl (C=O) groups is 1. The van der Waals surface area contributed by atoms with E-state index in [1.807, 2.05) is 12.1 Å². The van der Waals surface area contributed by atoms with Crippen LogP contribution < -0.4 is 10.5 Å². The van der Waals surface area contributed by atoms with Crippen LogP contribution in [-0.2, 0) is 21.2 Å². The number of nitrogens with zero attached hydrogens (tertiary/aromatic N) is 1. The Morgan fingerprint density at radius 1 is 1.41 bits per heavy atom. The van der Waals surface area contributed by atoms with E-state index in [9.17, 15) is 13.2 Å². The van der Waals surface area contributed by atoms with E-state index in [0.29, 0.717) is 5.69 Å². The molecular weight excluding hydrogens is 302 g/mol. The number of benzene rings is 1. The van der Waals surface area contributed by atoms with Crippen LogP contribution >= 0.6 is 0 Å². The Balaban J connectivity index is 2.23. The minimum absolute atomic E-state index is 0.299. The molecular formula is C15H23N3O3S. The number of rotatable bonds is 4. The van der Waals surface area contributed by atoms with Crippen LogP contribution in [0.2, 0.25) is 0 Å². The number of nitrogen functional groups attached to an aromatic ring is 1. The van der Waals surface area contributed by atoms with Crippen molar-refractivity contribution >= 4 is 21.6 Å². The Labute approximate surface area is 131 Å². The quantitative estimate of drug-likeness (QED) is 0.809. The molecule has 1 aromatic rings. The lowest BCUT2D eigenvalue weighted by atomic mass is 9.88. The number of hydrogen-bond acceptors (Lipinski definition) is 4. The van der Waals surface area contributed by atoms with E-state index in [0.717, 1.165) is 30.4 Å². The molecule has 0 aromatic heterocycles. The van der Waals surface area contributed by atoms with Gasteiger partial charge >= 0.3 is 0 Å². The molecule has 0 aliphatic heterocycles. The molecule has 1 amide bonds. The Hall–Kier alpha value is -1.60. The predicted octanol–water partition coefficient (Wildman–Crippen LogP) is 1.04. The average Bonchev–Trinajstić information content (AvgIpc) is 2.45. The van der Waals surface area contributed by atoms with E-state index < -0.39 is 21.2 Å². The normalized spacial score (nSPS) is 19.3. The van der Waals surface area contributed by atoms with Crippen molar-refractivity contribution in [3.05, 3.63) is 29.3 Å². The lowest BCUT2D eigenvalue weighted by molar-refractivity contribution is -0.127. The average molecular weight is 325 g/mol. The molecule has 2 atom stereocenters. The van der Waals surface area contributed by atoms with Crippen LogP contribution in [0.15, 0.2) is 18.2 Å². The van der Waals surface area contributed by atoms with Crippen molar-refractivity contribution < 1.29 is 13.2 Å². The smallest absolute Gasteiger partial charge is 0.241 e. The number of amides is 1. The number of nitrogens with two attached hydrogens (primary N) is 1. The Morgan fingerprint density at radius 3 is 2.73 bits per heavy atom. The molecule has 122 valence electrons. The topological polar surface area (TPSA) is 92.5 Å². The number of nitrogens with one attached hydrogen (secondary N) is 1. The first-order valence-corrected chi connectivity index (χ1v) is 8.87. The summed E-state index contributed by atoms with van der Waals surface area (Å²) in [6, 6.07) is 5.24. The van der Waals surface area contributed by atoms with E-state index in [-0.39, 0.29) is 6.04 Å². The standard InChI is InChI=1S/C15H23N3O3S/c1-10(15(19)18(2)3)22(20,21)17-14-6-4-5-11-9-12(16)7-8-13(11)14/h7-10,14,17H,4-6,16H2,1-3H3. The fraction of sp³-hybridized carbons (Fsp3) is 0.533. The van der Waals surface area contributed by atoms with Gasteiger partial charge in [-0.2, -0.15) is 0 Å². The fourth-order valence-electron chi connectivity index (χ4n) is 2.75. The zero-order chi connectivity index (χ0) is 16.5. The van der Waals surface area contributed by atoms with Crippen LogP contribution in [0.5, 0.6) is 0 Å². The zero-order valence-electron chi connectivity index (χ0n) is 13.2. The van der Waals surface area contributed by atoms with Crippen molar-refractivity contribution in [3.8, 4) is 0 Å². The third-order valence-electron chi connectivity index (χ3n) is 4.04. The van der Waals surface area contributed by atoms with E-state index >= 15 is 0 Å². The summed E-state index contributed by atoms with van der Waals surface area (Å²) in [5, 5.41) is -1.11. The highest BCUT2D eigenvalue weighted by Crippen LogP contribution is 2.31. The van der Waals surface area contributed by atoms with Crippen molar-refractivity contribution in [3.63, 3.8) is 0 Å². The number of hydrogen-bond donors (Lipinski definition) is 2. The van der Waals surface area contributed by atoms with Gasteiger partial charge in [0.1, 0.15) is 0 Å². The Morgan fingerprint density at radius 2 is 2.09 bits per heavy atom. The summed E-state index contributed by atoms with van der Waals surface area (Å²) in [5.74, 6) is -0.430. The molecule has 0 heterocycles. The summed E-state index contributed by atoms with van der Waals surface area (Å²) in [6.07, 6.45) is 2.50. The molecule has 2 rings (SSSR count). The fourth-order valence-corrected chi connectivity index (χ4v) is 4.08. The van der Waals surface area contributed by atoms with Crippen molar-refractivity contribution in [2.24, 2.45) is 0 Å². The van der Waals surface area contributed by atoms with Crippen molar-refractivity contribution in [1.29, 1.82) is 0 Å². The van der Waals surface area contributed by atoms with Crippen molar-refractivity contribution in [2.75, 3.05) is 19.8 Å². The molecule has 0 saturated carbocycles. The van der Waals surface area contributed by atoms with Crippen LogP contribution in [0, 0.1) is 0 Å². The van der Waals surface area contributed by atoms with Gasteiger partial charge in [0.05, 0.1) is 0 Å². The summed E-state index contributed by atoms with van der Waals surface area (Å²) in [5.41, 5.74) is 8.49. The molecule has 0 radical (unpaired) electrons. The van der Waals surface area contributed by atoms with Gasteiger partial charge in [-0.15, -0.1) is 0 Å². The summed E-state index contributed by atoms with van der Waals surface area (Å²) in [7, 11) is -0.632. The maximum Gasteiger partial charge on any atom is 0.241 e. The molecule has 3 N–H and O–H groups in total. The van der Waals surface area contributed by atoms with E-state index in [1.165, 1.54) is 11.8 Å². The van der Waals surface area contributed by atoms with Gasteiger partial charge < -0.3 is 10.6 Å². The second kappa shape index (κ2) is 6.26. The monoisotopic (exact) mass is 325 g/mol. The molecule has 0 bridgehead atoms. The van der Waals surface area contributed by atoms with Crippen LogP contribution in [-0.4, -0.2) is 38.6 Å². The second-order valence-electron chi connectivity index (χ2n) is 5.94. The van der Waals surface area contributed by atoms with Crippen LogP contribution in [0.3, 0.4) is 0 Å². The largest absolute Gasteiger partial charge is 0.399 e. The predicted molar refractivity (Wildman–Crippen MR) is 86.7 cm³/mol. The molecule has 0 spiro atoms. The van der Waals surface area contributed by atoms with Gasteiger partial charge in [0.2, 0.25) is 15.9 Å². The van der Waals surface area contributed by atoms with E-state index in [2.05, 4.69) is 4.72 Å². The number of carbonyl (C=O) groups excluding carboxylic acids is 1. The van der Waals surface area contributed by atoms with E-state index in [4.69, 9.17) is 5.73 Å². The lowest BCUT2D eigenvalue weighted by Gasteiger charge is -2.28. The molecule has 0 fully saturated rings. The molecule has 1 aliphatic rings. The summed E-state index contributed by atoms with van der Waals surface area (Å²) < 4.78 is 27.6. The Bertz CT molecular complexity index is 671. The number of sulfonamides is 1. The van der Waals surface area contributed by atoms with Gasteiger partial charge in [0.25, 0.3) is 0 Å². The molecule has 22 heavy (non-hydrogen) atoms. The first-order valence-electron chi connectivity index (χ1n) is 7.33. The minimum atomic E-state index is -3.73. The Kier molecular flexibility index (Phi) is 4.77. The van der Waals surface area contributed by atoms with Crippen molar-refractivity contribution in [2.45, 2.75) is 37.5 Å². The SMILES string of the molecule is CC(C(=O)N(C)C)S(=O)(=O)NC1CCCc2cc(N)ccc21. The molecule has 7 heteroatoms. The number of fused-ring (bicyclic) bond motifs is 1. The first-order chi connectivity index (χ1) is 10.2. The van der Waals surface area contributed by atoms with E-state index in [1.54, 1.807) is 20.2 Å². The summed E-state index contributed by atoms with van der Waals surface area (Å²) in [6.45, 7) is 1.41. The molecule has 0 saturated heterocycles. The molecule has 1 aromatic carbocycles. The van der Waals surface area contributed by atoms with Gasteiger partial charge in [-0.1, -0.05) is 6.07 Å². The molecule has 6 nitrogen and oxygen atoms in total. The number of anilines is 1. The zero-order valence-corrected chi connectivity index (χ0v) is 14.0. The third kappa shape index (κ3) is 3.41. The minimum Gasteiger partial charge on any atom is -0.399 e. The van der Waals surface area contributed by atoms with Crippen LogP contribution in [0.25, 0.3) is 0 Å². The van der Waals surface area contributed by atoms with Crippen LogP contribution in [0.4, 0.5) is 5.69 Å². The first kappa shape index (κ1) is 16.8. The maximum atomic E-state index is 12.4. The van der Waals surface area contributed by atoms with Gasteiger partial charge in [-0.25, -0.2) is 13.1 Å². The second-order valence-corrected chi connectivity index (χ2v) is 7.97. The maximum absolute atomic E-state index is 12.4. The highest BCUT2D eigenvalue weighted by atomic mass is 32.2. The highest BCUT2D eigenvalue weighted by Gasteiger charge is 2.33. The van der Waals surface area contributed by atoms with Crippen LogP contribution in [0.1, 0.15) is 36.9 Å². The van der Waals surface area contributed by atoms with Crippen molar-refractivity contribution in [1.82, 2.24) is 9.62 Å². The molecule has 2 unspecified atom stereocenters. The highest BCUT2D eigenvalue weighted by molar-refractivity contribution is 7.90. The number of aryl methyl sites for hydroxylation is 1. The van der Waals surface area contributed by atoms with Gasteiger partial charge in [-0.05, 0) is 49.4 Å². The summed E-state index contributed by atoms with van der Waals surface area (Å²) in [4.78, 5) is 13.2. The lowest BCUT2D eigenvalue weighted by Crippen LogP contribution is -2.44. The third-order valence-corrected chi connectivity index (χ3v) is 5.79. The van der Waals surface area contributed by atoms with Gasteiger partial charge in [-0.3, -0.25) is 4.79 Å². The van der Waals surface area contributed by atoms with Gasteiger partial charge in [0.15, 0.2) is 5.25 Å².